The number of carbonyl (C=O) groups is 3. The van der Waals surface area contributed by atoms with Crippen LogP contribution in [-0.4, -0.2) is 46.6 Å². The number of hydrogen-bond acceptors (Lipinski definition) is 7. The zero-order chi connectivity index (χ0) is 37.8. The summed E-state index contributed by atoms with van der Waals surface area (Å²) in [5.74, 6) is -0.501. The van der Waals surface area contributed by atoms with Gasteiger partial charge in [0.2, 0.25) is 5.91 Å². The standard InChI is InChI=1S/C39H50Cl3N5O5/c1-6-7-8-9-10-11-12-13-16-28-20-26(2)17-18-32(28)52-25-33(48)51-19-14-15-27-23-43-46(24-27)35-36(44-38(50)39(3,4)5)45-47(37(35)49)34-30(41)21-29(40)22-31(34)42/h17-18,20-24,35H,6-16,19,25H2,1-5H3,(H,44,45,50). The summed E-state index contributed by atoms with van der Waals surface area (Å²) in [6.45, 7) is 9.57. The zero-order valence-electron chi connectivity index (χ0n) is 30.8. The molecule has 2 aromatic carbocycles. The lowest BCUT2D eigenvalue weighted by molar-refractivity contribution is -0.146. The summed E-state index contributed by atoms with van der Waals surface area (Å²) < 4.78 is 12.8. The summed E-state index contributed by atoms with van der Waals surface area (Å²) >= 11 is 18.9. The largest absolute Gasteiger partial charge is 0.482 e. The highest BCUT2D eigenvalue weighted by Crippen LogP contribution is 2.40. The Kier molecular flexibility index (Phi) is 15.4. The number of nitrogens with zero attached hydrogens (tertiary/aromatic N) is 4. The Bertz CT molecular complexity index is 1710. The molecule has 2 amide bonds. The van der Waals surface area contributed by atoms with E-state index in [1.54, 1.807) is 33.2 Å². The molecule has 1 aromatic heterocycles. The van der Waals surface area contributed by atoms with Gasteiger partial charge in [0.15, 0.2) is 18.5 Å². The van der Waals surface area contributed by atoms with Gasteiger partial charge in [0, 0.05) is 16.6 Å². The number of unbranched alkanes of at least 4 members (excludes halogenated alkanes) is 7. The molecule has 1 atom stereocenters. The van der Waals surface area contributed by atoms with Crippen molar-refractivity contribution in [1.82, 2.24) is 15.1 Å². The van der Waals surface area contributed by atoms with Crippen LogP contribution in [0.5, 0.6) is 5.75 Å². The smallest absolute Gasteiger partial charge is 0.344 e. The second-order valence-electron chi connectivity index (χ2n) is 14.2. The van der Waals surface area contributed by atoms with Crippen molar-refractivity contribution >= 4 is 64.1 Å². The van der Waals surface area contributed by atoms with Gasteiger partial charge in [0.25, 0.3) is 5.91 Å². The summed E-state index contributed by atoms with van der Waals surface area (Å²) in [5.41, 5.74) is 2.46. The third-order valence-corrected chi connectivity index (χ3v) is 9.47. The van der Waals surface area contributed by atoms with Gasteiger partial charge in [-0.2, -0.15) is 10.1 Å². The van der Waals surface area contributed by atoms with Crippen molar-refractivity contribution < 1.29 is 23.9 Å². The maximum absolute atomic E-state index is 13.8. The van der Waals surface area contributed by atoms with Crippen molar-refractivity contribution in [2.24, 2.45) is 10.5 Å². The Morgan fingerprint density at radius 2 is 1.60 bits per heavy atom. The molecule has 0 saturated carbocycles. The van der Waals surface area contributed by atoms with Gasteiger partial charge < -0.3 is 14.8 Å². The number of amidine groups is 1. The minimum Gasteiger partial charge on any atom is -0.482 e. The Hall–Kier alpha value is -3.60. The molecule has 0 bridgehead atoms. The number of aromatic nitrogens is 2. The third kappa shape index (κ3) is 11.7. The molecule has 1 N–H and O–H groups in total. The van der Waals surface area contributed by atoms with Crippen molar-refractivity contribution in [3.63, 3.8) is 0 Å². The average Bonchev–Trinajstić information content (AvgIpc) is 3.66. The van der Waals surface area contributed by atoms with Crippen LogP contribution in [-0.2, 0) is 32.0 Å². The van der Waals surface area contributed by atoms with Gasteiger partial charge in [-0.25, -0.2) is 4.79 Å². The Morgan fingerprint density at radius 1 is 0.923 bits per heavy atom. The summed E-state index contributed by atoms with van der Waals surface area (Å²) in [7, 11) is 0. The molecule has 282 valence electrons. The van der Waals surface area contributed by atoms with Gasteiger partial charge in [-0.15, -0.1) is 5.10 Å². The van der Waals surface area contributed by atoms with E-state index in [9.17, 15) is 14.4 Å². The Labute approximate surface area is 322 Å². The SMILES string of the molecule is CCCCCCCCCCc1cc(C)ccc1OCC(=O)OCCCc1cnn(C2C(=O)N(c3c(Cl)cc(Cl)cc3Cl)N=C2NC(=O)C(C)(C)C)c1. The van der Waals surface area contributed by atoms with Crippen molar-refractivity contribution in [3.8, 4) is 5.75 Å². The van der Waals surface area contributed by atoms with Gasteiger partial charge in [0.05, 0.1) is 22.8 Å². The van der Waals surface area contributed by atoms with E-state index in [-0.39, 0.29) is 40.7 Å². The number of benzene rings is 2. The van der Waals surface area contributed by atoms with Crippen molar-refractivity contribution in [1.29, 1.82) is 0 Å². The van der Waals surface area contributed by atoms with Crippen LogP contribution in [0.4, 0.5) is 5.69 Å². The number of rotatable bonds is 18. The second-order valence-corrected chi connectivity index (χ2v) is 15.5. The summed E-state index contributed by atoms with van der Waals surface area (Å²) in [6, 6.07) is 7.88. The number of aryl methyl sites for hydroxylation is 3. The van der Waals surface area contributed by atoms with E-state index in [0.717, 1.165) is 40.3 Å². The van der Waals surface area contributed by atoms with Gasteiger partial charge in [0.1, 0.15) is 11.4 Å². The average molecular weight is 775 g/mol. The summed E-state index contributed by atoms with van der Waals surface area (Å²) in [4.78, 5) is 39.3. The Morgan fingerprint density at radius 3 is 2.27 bits per heavy atom. The first-order valence-corrected chi connectivity index (χ1v) is 19.2. The highest BCUT2D eigenvalue weighted by molar-refractivity contribution is 6.42. The fourth-order valence-electron chi connectivity index (χ4n) is 5.76. The molecule has 4 rings (SSSR count). The minimum atomic E-state index is -1.08. The van der Waals surface area contributed by atoms with Gasteiger partial charge >= 0.3 is 5.97 Å². The second kappa shape index (κ2) is 19.5. The van der Waals surface area contributed by atoms with Crippen LogP contribution in [0.15, 0.2) is 47.8 Å². The van der Waals surface area contributed by atoms with Crippen molar-refractivity contribution in [3.05, 3.63) is 74.5 Å². The molecule has 0 fully saturated rings. The zero-order valence-corrected chi connectivity index (χ0v) is 33.0. The lowest BCUT2D eigenvalue weighted by atomic mass is 9.95. The van der Waals surface area contributed by atoms with E-state index in [1.807, 2.05) is 12.1 Å². The van der Waals surface area contributed by atoms with E-state index in [2.05, 4.69) is 35.4 Å². The molecule has 1 aliphatic heterocycles. The maximum atomic E-state index is 13.8. The molecular weight excluding hydrogens is 725 g/mol. The molecule has 0 radical (unpaired) electrons. The number of esters is 1. The quantitative estimate of drug-likeness (QED) is 0.102. The number of hydrazone groups is 1. The van der Waals surface area contributed by atoms with Gasteiger partial charge in [-0.05, 0) is 61.9 Å². The maximum Gasteiger partial charge on any atom is 0.344 e. The van der Waals surface area contributed by atoms with Crippen molar-refractivity contribution in [2.45, 2.75) is 111 Å². The van der Waals surface area contributed by atoms with E-state index in [1.165, 1.54) is 61.8 Å². The van der Waals surface area contributed by atoms with Crippen LogP contribution in [0.1, 0.15) is 108 Å². The molecule has 0 saturated heterocycles. The summed E-state index contributed by atoms with van der Waals surface area (Å²) in [6.07, 6.45) is 15.3. The number of nitrogens with one attached hydrogen (secondary N) is 1. The molecule has 1 unspecified atom stereocenters. The normalized spacial score (nSPS) is 14.5. The monoisotopic (exact) mass is 773 g/mol. The van der Waals surface area contributed by atoms with Crippen LogP contribution >= 0.6 is 34.8 Å². The van der Waals surface area contributed by atoms with E-state index in [0.29, 0.717) is 17.9 Å². The molecule has 2 heterocycles. The lowest BCUT2D eigenvalue weighted by Crippen LogP contribution is -2.43. The number of anilines is 1. The number of carbonyl (C=O) groups excluding carboxylic acids is 3. The number of hydrogen-bond donors (Lipinski definition) is 1. The first-order chi connectivity index (χ1) is 24.8. The van der Waals surface area contributed by atoms with E-state index >= 15 is 0 Å². The molecule has 13 heteroatoms. The first-order valence-electron chi connectivity index (χ1n) is 18.1. The Balaban J connectivity index is 1.29. The van der Waals surface area contributed by atoms with Gasteiger partial charge in [-0.3, -0.25) is 14.3 Å². The first kappa shape index (κ1) is 41.2. The number of ether oxygens (including phenoxy) is 2. The molecule has 3 aromatic rings. The molecule has 1 aliphatic rings. The molecule has 0 aliphatic carbocycles. The third-order valence-electron chi connectivity index (χ3n) is 8.68. The minimum absolute atomic E-state index is 0.0742. The predicted molar refractivity (Wildman–Crippen MR) is 208 cm³/mol. The number of amides is 2. The van der Waals surface area contributed by atoms with E-state index < -0.39 is 23.3 Å². The fraction of sp³-hybridized carbons (Fsp3) is 0.513. The van der Waals surface area contributed by atoms with Crippen LogP contribution < -0.4 is 15.1 Å². The highest BCUT2D eigenvalue weighted by atomic mass is 35.5. The van der Waals surface area contributed by atoms with Crippen LogP contribution in [0.3, 0.4) is 0 Å². The van der Waals surface area contributed by atoms with Crippen LogP contribution in [0.2, 0.25) is 15.1 Å². The molecule has 52 heavy (non-hydrogen) atoms. The topological polar surface area (TPSA) is 115 Å². The van der Waals surface area contributed by atoms with Gasteiger partial charge in [-0.1, -0.05) is 125 Å². The van der Waals surface area contributed by atoms with Crippen molar-refractivity contribution in [2.75, 3.05) is 18.2 Å². The predicted octanol–water partition coefficient (Wildman–Crippen LogP) is 9.45. The lowest BCUT2D eigenvalue weighted by Gasteiger charge is -2.19. The van der Waals surface area contributed by atoms with E-state index in [4.69, 9.17) is 44.3 Å². The highest BCUT2D eigenvalue weighted by Gasteiger charge is 2.42. The number of halogens is 3. The molecular formula is C39H50Cl3N5O5. The van der Waals surface area contributed by atoms with Crippen LogP contribution in [0.25, 0.3) is 0 Å². The van der Waals surface area contributed by atoms with Crippen LogP contribution in [0, 0.1) is 12.3 Å². The molecule has 0 spiro atoms. The fourth-order valence-corrected chi connectivity index (χ4v) is 6.74. The molecule has 10 nitrogen and oxygen atoms in total. The summed E-state index contributed by atoms with van der Waals surface area (Å²) in [5, 5.41) is 13.2.